The van der Waals surface area contributed by atoms with E-state index in [2.05, 4.69) is 0 Å². The molecule has 74 valence electrons. The van der Waals surface area contributed by atoms with Crippen LogP contribution in [0.3, 0.4) is 0 Å². The molecule has 0 saturated carbocycles. The number of aryl methyl sites for hydroxylation is 2. The first kappa shape index (κ1) is 9.40. The summed E-state index contributed by atoms with van der Waals surface area (Å²) in [5, 5.41) is 0. The van der Waals surface area contributed by atoms with Crippen molar-refractivity contribution in [2.45, 2.75) is 20.8 Å². The third kappa shape index (κ3) is 0.973. The Kier molecular flexibility index (Phi) is 1.96. The van der Waals surface area contributed by atoms with E-state index in [1.165, 1.54) is 16.2 Å². The van der Waals surface area contributed by atoms with E-state index in [4.69, 9.17) is 0 Å². The number of fused-ring (bicyclic) bond motifs is 1. The molecule has 0 aromatic carbocycles. The Bertz CT molecular complexity index is 397. The van der Waals surface area contributed by atoms with Gasteiger partial charge in [0.05, 0.1) is 11.1 Å². The number of rotatable bonds is 1. The van der Waals surface area contributed by atoms with Crippen LogP contribution >= 0.6 is 11.3 Å². The molecule has 1 aromatic heterocycles. The molecule has 2 heterocycles. The molecule has 2 rings (SSSR count). The van der Waals surface area contributed by atoms with Crippen LogP contribution in [-0.4, -0.2) is 23.3 Å². The lowest BCUT2D eigenvalue weighted by molar-refractivity contribution is 0.0662. The maximum Gasteiger partial charge on any atom is 0.262 e. The van der Waals surface area contributed by atoms with Crippen LogP contribution in [0.15, 0.2) is 0 Å². The molecule has 0 aliphatic carbocycles. The fourth-order valence-electron chi connectivity index (χ4n) is 1.85. The number of hydrogen-bond donors (Lipinski definition) is 0. The van der Waals surface area contributed by atoms with Gasteiger partial charge in [-0.2, -0.15) is 0 Å². The molecule has 3 nitrogen and oxygen atoms in total. The van der Waals surface area contributed by atoms with E-state index in [1.807, 2.05) is 20.8 Å². The molecule has 0 N–H and O–H groups in total. The molecule has 1 aliphatic heterocycles. The number of carbonyl (C=O) groups excluding carboxylic acids is 2. The van der Waals surface area contributed by atoms with E-state index in [1.54, 1.807) is 0 Å². The molecular formula is C10H11NO2S. The minimum absolute atomic E-state index is 0.130. The minimum Gasteiger partial charge on any atom is -0.275 e. The van der Waals surface area contributed by atoms with Gasteiger partial charge >= 0.3 is 0 Å². The van der Waals surface area contributed by atoms with Gasteiger partial charge in [-0.15, -0.1) is 11.3 Å². The van der Waals surface area contributed by atoms with Crippen molar-refractivity contribution in [1.82, 2.24) is 4.90 Å². The summed E-state index contributed by atoms with van der Waals surface area (Å²) in [5.41, 5.74) is 1.25. The smallest absolute Gasteiger partial charge is 0.262 e. The summed E-state index contributed by atoms with van der Waals surface area (Å²) >= 11 is 1.52. The van der Waals surface area contributed by atoms with Crippen LogP contribution in [-0.2, 0) is 0 Å². The Labute approximate surface area is 86.3 Å². The molecule has 0 atom stereocenters. The Hall–Kier alpha value is -1.16. The van der Waals surface area contributed by atoms with Gasteiger partial charge in [-0.05, 0) is 20.8 Å². The molecule has 2 amide bonds. The second-order valence-electron chi connectivity index (χ2n) is 3.32. The number of nitrogens with zero attached hydrogens (tertiary/aromatic N) is 1. The zero-order valence-corrected chi connectivity index (χ0v) is 9.20. The van der Waals surface area contributed by atoms with Crippen molar-refractivity contribution >= 4 is 23.2 Å². The fraction of sp³-hybridized carbons (Fsp3) is 0.400. The fourth-order valence-corrected chi connectivity index (χ4v) is 2.89. The summed E-state index contributed by atoms with van der Waals surface area (Å²) in [4.78, 5) is 26.8. The lowest BCUT2D eigenvalue weighted by Crippen LogP contribution is -2.29. The van der Waals surface area contributed by atoms with Crippen LogP contribution in [0.1, 0.15) is 37.4 Å². The van der Waals surface area contributed by atoms with E-state index in [-0.39, 0.29) is 11.8 Å². The van der Waals surface area contributed by atoms with E-state index >= 15 is 0 Å². The quantitative estimate of drug-likeness (QED) is 0.663. The monoisotopic (exact) mass is 209 g/mol. The third-order valence-electron chi connectivity index (χ3n) is 2.49. The van der Waals surface area contributed by atoms with Crippen molar-refractivity contribution in [2.75, 3.05) is 6.54 Å². The minimum atomic E-state index is -0.130. The topological polar surface area (TPSA) is 37.4 Å². The number of amides is 2. The van der Waals surface area contributed by atoms with Crippen molar-refractivity contribution < 1.29 is 9.59 Å². The lowest BCUT2D eigenvalue weighted by Gasteiger charge is -2.10. The lowest BCUT2D eigenvalue weighted by atomic mass is 10.1. The molecule has 0 radical (unpaired) electrons. The van der Waals surface area contributed by atoms with Crippen LogP contribution in [0.5, 0.6) is 0 Å². The second-order valence-corrected chi connectivity index (χ2v) is 4.75. The molecule has 1 aromatic rings. The van der Waals surface area contributed by atoms with Crippen molar-refractivity contribution in [1.29, 1.82) is 0 Å². The van der Waals surface area contributed by atoms with Crippen LogP contribution in [0.25, 0.3) is 0 Å². The normalized spacial score (nSPS) is 15.2. The maximum absolute atomic E-state index is 11.8. The van der Waals surface area contributed by atoms with Crippen LogP contribution in [0, 0.1) is 13.8 Å². The number of imide groups is 1. The standard InChI is InChI=1S/C10H11NO2S/c1-4-11-9(12)7-5(2)14-6(3)8(7)10(11)13/h4H2,1-3H3. The largest absolute Gasteiger partial charge is 0.275 e. The van der Waals surface area contributed by atoms with Gasteiger partial charge in [0, 0.05) is 16.3 Å². The zero-order valence-electron chi connectivity index (χ0n) is 8.38. The van der Waals surface area contributed by atoms with E-state index in [0.717, 1.165) is 9.75 Å². The molecule has 14 heavy (non-hydrogen) atoms. The van der Waals surface area contributed by atoms with E-state index in [9.17, 15) is 9.59 Å². The van der Waals surface area contributed by atoms with Crippen molar-refractivity contribution in [3.63, 3.8) is 0 Å². The zero-order chi connectivity index (χ0) is 10.5. The highest BCUT2D eigenvalue weighted by atomic mass is 32.1. The summed E-state index contributed by atoms with van der Waals surface area (Å²) < 4.78 is 0. The molecule has 0 unspecified atom stereocenters. The van der Waals surface area contributed by atoms with Crippen molar-refractivity contribution in [2.24, 2.45) is 0 Å². The summed E-state index contributed by atoms with van der Waals surface area (Å²) in [6, 6.07) is 0. The molecule has 0 fully saturated rings. The molecule has 4 heteroatoms. The number of thiophene rings is 1. The van der Waals surface area contributed by atoms with Crippen molar-refractivity contribution in [3.8, 4) is 0 Å². The van der Waals surface area contributed by atoms with Gasteiger partial charge in [-0.25, -0.2) is 0 Å². The average Bonchev–Trinajstić information content (AvgIpc) is 2.53. The molecule has 1 aliphatic rings. The summed E-state index contributed by atoms with van der Waals surface area (Å²) in [7, 11) is 0. The first-order chi connectivity index (χ1) is 6.57. The number of hydrogen-bond acceptors (Lipinski definition) is 3. The highest BCUT2D eigenvalue weighted by Gasteiger charge is 2.38. The molecule has 0 spiro atoms. The third-order valence-corrected chi connectivity index (χ3v) is 3.52. The van der Waals surface area contributed by atoms with E-state index in [0.29, 0.717) is 17.7 Å². The molecule has 0 saturated heterocycles. The average molecular weight is 209 g/mol. The van der Waals surface area contributed by atoms with E-state index < -0.39 is 0 Å². The Morgan fingerprint density at radius 3 is 1.86 bits per heavy atom. The first-order valence-corrected chi connectivity index (χ1v) is 5.35. The summed E-state index contributed by atoms with van der Waals surface area (Å²) in [6.07, 6.45) is 0. The van der Waals surface area contributed by atoms with Gasteiger partial charge in [0.2, 0.25) is 0 Å². The summed E-state index contributed by atoms with van der Waals surface area (Å²) in [6.45, 7) is 6.05. The predicted octanol–water partition coefficient (Wildman–Crippen LogP) is 1.98. The van der Waals surface area contributed by atoms with Gasteiger partial charge in [0.15, 0.2) is 0 Å². The highest BCUT2D eigenvalue weighted by molar-refractivity contribution is 7.12. The van der Waals surface area contributed by atoms with Gasteiger partial charge < -0.3 is 0 Å². The first-order valence-electron chi connectivity index (χ1n) is 4.54. The van der Waals surface area contributed by atoms with Gasteiger partial charge in [-0.1, -0.05) is 0 Å². The van der Waals surface area contributed by atoms with Crippen molar-refractivity contribution in [3.05, 3.63) is 20.9 Å². The number of carbonyl (C=O) groups is 2. The maximum atomic E-state index is 11.8. The molecular weight excluding hydrogens is 198 g/mol. The highest BCUT2D eigenvalue weighted by Crippen LogP contribution is 2.34. The SMILES string of the molecule is CCN1C(=O)c2c(C)sc(C)c2C1=O. The Balaban J connectivity index is 2.65. The molecule has 0 bridgehead atoms. The van der Waals surface area contributed by atoms with Crippen LogP contribution < -0.4 is 0 Å². The van der Waals surface area contributed by atoms with Crippen LogP contribution in [0.2, 0.25) is 0 Å². The van der Waals surface area contributed by atoms with Gasteiger partial charge in [-0.3, -0.25) is 14.5 Å². The van der Waals surface area contributed by atoms with Crippen LogP contribution in [0.4, 0.5) is 0 Å². The Morgan fingerprint density at radius 1 is 1.07 bits per heavy atom. The second kappa shape index (κ2) is 2.92. The summed E-state index contributed by atoms with van der Waals surface area (Å²) in [5.74, 6) is -0.260. The predicted molar refractivity (Wildman–Crippen MR) is 54.8 cm³/mol. The Morgan fingerprint density at radius 2 is 1.50 bits per heavy atom. The van der Waals surface area contributed by atoms with Gasteiger partial charge in [0.1, 0.15) is 0 Å². The van der Waals surface area contributed by atoms with Gasteiger partial charge in [0.25, 0.3) is 11.8 Å².